The van der Waals surface area contributed by atoms with Crippen molar-refractivity contribution in [1.29, 1.82) is 0 Å². The van der Waals surface area contributed by atoms with Crippen LogP contribution in [0.25, 0.3) is 32.7 Å². The number of fused-ring (bicyclic) bond motifs is 2. The Balaban J connectivity index is 2.13. The molecule has 0 bridgehead atoms. The molecule has 110 valence electrons. The highest BCUT2D eigenvalue weighted by molar-refractivity contribution is 6.07. The lowest BCUT2D eigenvalue weighted by Crippen LogP contribution is -1.88. The summed E-state index contributed by atoms with van der Waals surface area (Å²) in [7, 11) is 0. The molecule has 4 aromatic carbocycles. The van der Waals surface area contributed by atoms with Crippen LogP contribution in [0.5, 0.6) is 0 Å². The number of benzene rings is 4. The molecule has 0 saturated heterocycles. The van der Waals surface area contributed by atoms with E-state index < -0.39 is 0 Å². The van der Waals surface area contributed by atoms with Gasteiger partial charge in [-0.1, -0.05) is 72.5 Å². The van der Waals surface area contributed by atoms with Gasteiger partial charge in [0.1, 0.15) is 0 Å². The summed E-state index contributed by atoms with van der Waals surface area (Å²) in [5.74, 6) is 5.56. The van der Waals surface area contributed by atoms with Crippen LogP contribution in [0.15, 0.2) is 72.8 Å². The van der Waals surface area contributed by atoms with Gasteiger partial charge in [0, 0.05) is 11.1 Å². The van der Waals surface area contributed by atoms with Crippen molar-refractivity contribution < 1.29 is 0 Å². The van der Waals surface area contributed by atoms with Crippen LogP contribution in [0.4, 0.5) is 0 Å². The average Bonchev–Trinajstić information content (AvgIpc) is 2.66. The van der Waals surface area contributed by atoms with Crippen LogP contribution in [-0.4, -0.2) is 0 Å². The third-order valence-corrected chi connectivity index (χ3v) is 4.45. The standard InChI is InChI=1S/C24H14/c1-3-17-13-15-23(21-11-7-5-9-19(17)21)24-16-14-18(4-2)20-10-6-8-12-22(20)24/h1-2,5-16H. The highest BCUT2D eigenvalue weighted by Gasteiger charge is 2.10. The van der Waals surface area contributed by atoms with Crippen molar-refractivity contribution in [3.8, 4) is 35.8 Å². The van der Waals surface area contributed by atoms with Crippen molar-refractivity contribution in [2.45, 2.75) is 0 Å². The van der Waals surface area contributed by atoms with Gasteiger partial charge in [0.2, 0.25) is 0 Å². The SMILES string of the molecule is C#Cc1ccc(-c2ccc(C#C)c3ccccc23)c2ccccc12. The van der Waals surface area contributed by atoms with Crippen LogP contribution in [0.3, 0.4) is 0 Å². The van der Waals surface area contributed by atoms with Crippen molar-refractivity contribution in [3.05, 3.63) is 83.9 Å². The van der Waals surface area contributed by atoms with Gasteiger partial charge in [0.05, 0.1) is 0 Å². The molecule has 0 aliphatic rings. The fourth-order valence-corrected chi connectivity index (χ4v) is 3.32. The first kappa shape index (κ1) is 14.1. The molecule has 0 aliphatic carbocycles. The number of rotatable bonds is 1. The Morgan fingerprint density at radius 2 is 0.833 bits per heavy atom. The van der Waals surface area contributed by atoms with Crippen LogP contribution in [0.2, 0.25) is 0 Å². The van der Waals surface area contributed by atoms with E-state index >= 15 is 0 Å². The van der Waals surface area contributed by atoms with E-state index in [-0.39, 0.29) is 0 Å². The van der Waals surface area contributed by atoms with Gasteiger partial charge in [-0.25, -0.2) is 0 Å². The molecule has 0 heterocycles. The van der Waals surface area contributed by atoms with E-state index in [4.69, 9.17) is 12.8 Å². The summed E-state index contributed by atoms with van der Waals surface area (Å²) >= 11 is 0. The molecule has 0 N–H and O–H groups in total. The molecule has 4 rings (SSSR count). The molecule has 0 fully saturated rings. The van der Waals surface area contributed by atoms with E-state index in [0.29, 0.717) is 0 Å². The maximum atomic E-state index is 5.66. The first-order valence-electron chi connectivity index (χ1n) is 7.80. The highest BCUT2D eigenvalue weighted by atomic mass is 14.1. The molecular weight excluding hydrogens is 288 g/mol. The lowest BCUT2D eigenvalue weighted by atomic mass is 9.91. The summed E-state index contributed by atoms with van der Waals surface area (Å²) in [5, 5.41) is 4.52. The Hall–Kier alpha value is -3.48. The number of hydrogen-bond donors (Lipinski definition) is 0. The largest absolute Gasteiger partial charge is 0.115 e. The van der Waals surface area contributed by atoms with Gasteiger partial charge >= 0.3 is 0 Å². The minimum Gasteiger partial charge on any atom is -0.115 e. The smallest absolute Gasteiger partial charge is 0.0321 e. The van der Waals surface area contributed by atoms with Gasteiger partial charge in [0.25, 0.3) is 0 Å². The Morgan fingerprint density at radius 1 is 0.458 bits per heavy atom. The van der Waals surface area contributed by atoms with Crippen molar-refractivity contribution in [2.75, 3.05) is 0 Å². The van der Waals surface area contributed by atoms with Crippen LogP contribution in [-0.2, 0) is 0 Å². The second-order valence-electron chi connectivity index (χ2n) is 5.70. The lowest BCUT2D eigenvalue weighted by molar-refractivity contribution is 1.65. The molecule has 4 aromatic rings. The van der Waals surface area contributed by atoms with Crippen LogP contribution >= 0.6 is 0 Å². The fraction of sp³-hybridized carbons (Fsp3) is 0. The van der Waals surface area contributed by atoms with Gasteiger partial charge in [-0.15, -0.1) is 12.8 Å². The summed E-state index contributed by atoms with van der Waals surface area (Å²) in [6.07, 6.45) is 11.3. The Kier molecular flexibility index (Phi) is 3.31. The van der Waals surface area contributed by atoms with Gasteiger partial charge < -0.3 is 0 Å². The van der Waals surface area contributed by atoms with Crippen molar-refractivity contribution in [2.24, 2.45) is 0 Å². The van der Waals surface area contributed by atoms with Gasteiger partial charge in [0.15, 0.2) is 0 Å². The molecular formula is C24H14. The molecule has 0 saturated carbocycles. The van der Waals surface area contributed by atoms with E-state index in [9.17, 15) is 0 Å². The van der Waals surface area contributed by atoms with Crippen LogP contribution < -0.4 is 0 Å². The Morgan fingerprint density at radius 3 is 1.21 bits per heavy atom. The molecule has 0 heteroatoms. The summed E-state index contributed by atoms with van der Waals surface area (Å²) in [6, 6.07) is 24.8. The number of terminal acetylenes is 2. The topological polar surface area (TPSA) is 0 Å². The second kappa shape index (κ2) is 5.62. The van der Waals surface area contributed by atoms with Crippen molar-refractivity contribution in [3.63, 3.8) is 0 Å². The lowest BCUT2D eigenvalue weighted by Gasteiger charge is -2.12. The number of hydrogen-bond acceptors (Lipinski definition) is 0. The van der Waals surface area contributed by atoms with Crippen LogP contribution in [0.1, 0.15) is 11.1 Å². The molecule has 0 amide bonds. The second-order valence-corrected chi connectivity index (χ2v) is 5.70. The first-order chi connectivity index (χ1) is 11.8. The molecule has 0 spiro atoms. The predicted octanol–water partition coefficient (Wildman–Crippen LogP) is 5.62. The maximum absolute atomic E-state index is 5.66. The minimum atomic E-state index is 0.916. The summed E-state index contributed by atoms with van der Waals surface area (Å²) in [5.41, 5.74) is 4.17. The third-order valence-electron chi connectivity index (χ3n) is 4.45. The van der Waals surface area contributed by atoms with E-state index in [1.165, 1.54) is 11.1 Å². The van der Waals surface area contributed by atoms with E-state index in [1.807, 2.05) is 36.4 Å². The molecule has 0 nitrogen and oxygen atoms in total. The van der Waals surface area contributed by atoms with Crippen LogP contribution in [0, 0.1) is 24.7 Å². The quantitative estimate of drug-likeness (QED) is 0.400. The monoisotopic (exact) mass is 302 g/mol. The molecule has 0 aromatic heterocycles. The Labute approximate surface area is 141 Å². The predicted molar refractivity (Wildman–Crippen MR) is 103 cm³/mol. The summed E-state index contributed by atoms with van der Waals surface area (Å²) in [4.78, 5) is 0. The molecule has 0 aliphatic heterocycles. The van der Waals surface area contributed by atoms with E-state index in [2.05, 4.69) is 48.2 Å². The van der Waals surface area contributed by atoms with Gasteiger partial charge in [-0.2, -0.15) is 0 Å². The average molecular weight is 302 g/mol. The van der Waals surface area contributed by atoms with E-state index in [0.717, 1.165) is 32.7 Å². The normalized spacial score (nSPS) is 10.4. The first-order valence-corrected chi connectivity index (χ1v) is 7.80. The van der Waals surface area contributed by atoms with Crippen molar-refractivity contribution >= 4 is 21.5 Å². The fourth-order valence-electron chi connectivity index (χ4n) is 3.32. The zero-order chi connectivity index (χ0) is 16.5. The summed E-state index contributed by atoms with van der Waals surface area (Å²) in [6.45, 7) is 0. The highest BCUT2D eigenvalue weighted by Crippen LogP contribution is 2.36. The molecule has 24 heavy (non-hydrogen) atoms. The third kappa shape index (κ3) is 2.06. The maximum Gasteiger partial charge on any atom is 0.0321 e. The van der Waals surface area contributed by atoms with Gasteiger partial charge in [-0.05, 0) is 44.8 Å². The molecule has 0 unspecified atom stereocenters. The zero-order valence-corrected chi connectivity index (χ0v) is 13.1. The van der Waals surface area contributed by atoms with Crippen molar-refractivity contribution in [1.82, 2.24) is 0 Å². The molecule has 0 radical (unpaired) electrons. The Bertz CT molecular complexity index is 1070. The molecule has 0 atom stereocenters. The minimum absolute atomic E-state index is 0.916. The van der Waals surface area contributed by atoms with Gasteiger partial charge in [-0.3, -0.25) is 0 Å². The zero-order valence-electron chi connectivity index (χ0n) is 13.1. The summed E-state index contributed by atoms with van der Waals surface area (Å²) < 4.78 is 0. The van der Waals surface area contributed by atoms with E-state index in [1.54, 1.807) is 0 Å².